The molecule has 0 fully saturated rings. The van der Waals surface area contributed by atoms with Crippen molar-refractivity contribution in [1.29, 1.82) is 0 Å². The Hall–Kier alpha value is -1.73. The Labute approximate surface area is 150 Å². The second kappa shape index (κ2) is 7.44. The van der Waals surface area contributed by atoms with Gasteiger partial charge in [-0.2, -0.15) is 0 Å². The van der Waals surface area contributed by atoms with Crippen LogP contribution in [0.5, 0.6) is 0 Å². The van der Waals surface area contributed by atoms with Gasteiger partial charge in [0.15, 0.2) is 0 Å². The summed E-state index contributed by atoms with van der Waals surface area (Å²) in [4.78, 5) is 3.67. The van der Waals surface area contributed by atoms with E-state index in [0.29, 0.717) is 5.92 Å². The molecule has 24 heavy (non-hydrogen) atoms. The lowest BCUT2D eigenvalue weighted by Crippen LogP contribution is -2.01. The number of H-pyrrole nitrogens is 1. The normalized spacial score (nSPS) is 12.7. The highest BCUT2D eigenvalue weighted by molar-refractivity contribution is 6.31. The van der Waals surface area contributed by atoms with Crippen LogP contribution in [0.2, 0.25) is 5.02 Å². The van der Waals surface area contributed by atoms with Gasteiger partial charge in [0.25, 0.3) is 0 Å². The van der Waals surface area contributed by atoms with Crippen LogP contribution in [0.1, 0.15) is 61.9 Å². The van der Waals surface area contributed by atoms with Crippen LogP contribution < -0.4 is 0 Å². The highest BCUT2D eigenvalue weighted by Crippen LogP contribution is 2.34. The first kappa shape index (κ1) is 17.1. The summed E-state index contributed by atoms with van der Waals surface area (Å²) in [6, 6.07) is 15.2. The van der Waals surface area contributed by atoms with Gasteiger partial charge >= 0.3 is 0 Å². The SMILES string of the molecule is CCCCc1c(C(C)c2ccc(CC)cc2)[nH]c2ccc(Cl)cc12. The van der Waals surface area contributed by atoms with Gasteiger partial charge < -0.3 is 4.98 Å². The maximum absolute atomic E-state index is 6.25. The lowest BCUT2D eigenvalue weighted by atomic mass is 9.92. The van der Waals surface area contributed by atoms with Gasteiger partial charge in [-0.05, 0) is 54.2 Å². The Morgan fingerprint density at radius 1 is 1.04 bits per heavy atom. The number of nitrogens with one attached hydrogen (secondary N) is 1. The number of aromatic amines is 1. The molecule has 0 aliphatic carbocycles. The minimum atomic E-state index is 0.355. The zero-order valence-corrected chi connectivity index (χ0v) is 15.6. The predicted octanol–water partition coefficient (Wildman–Crippen LogP) is 6.88. The van der Waals surface area contributed by atoms with Crippen LogP contribution in [0.15, 0.2) is 42.5 Å². The van der Waals surface area contributed by atoms with Crippen LogP contribution in [-0.2, 0) is 12.8 Å². The molecule has 0 bridgehead atoms. The fraction of sp³-hybridized carbons (Fsp3) is 0.364. The van der Waals surface area contributed by atoms with E-state index in [1.807, 2.05) is 6.07 Å². The molecule has 1 aromatic heterocycles. The van der Waals surface area contributed by atoms with Crippen LogP contribution in [0.4, 0.5) is 0 Å². The van der Waals surface area contributed by atoms with Crippen molar-refractivity contribution in [2.45, 2.75) is 52.4 Å². The average molecular weight is 340 g/mol. The Morgan fingerprint density at radius 3 is 2.46 bits per heavy atom. The molecule has 0 aliphatic heterocycles. The van der Waals surface area contributed by atoms with Crippen molar-refractivity contribution in [2.24, 2.45) is 0 Å². The first-order chi connectivity index (χ1) is 11.6. The molecule has 1 N–H and O–H groups in total. The molecule has 1 heterocycles. The number of fused-ring (bicyclic) bond motifs is 1. The van der Waals surface area contributed by atoms with E-state index in [-0.39, 0.29) is 0 Å². The summed E-state index contributed by atoms with van der Waals surface area (Å²) in [7, 11) is 0. The molecular formula is C22H26ClN. The van der Waals surface area contributed by atoms with Gasteiger partial charge in [-0.3, -0.25) is 0 Å². The van der Waals surface area contributed by atoms with E-state index >= 15 is 0 Å². The third-order valence-electron chi connectivity index (χ3n) is 5.00. The molecular weight excluding hydrogens is 314 g/mol. The number of aryl methyl sites for hydroxylation is 2. The molecule has 0 amide bonds. The number of rotatable bonds is 6. The molecule has 0 spiro atoms. The van der Waals surface area contributed by atoms with Crippen molar-refractivity contribution in [3.63, 3.8) is 0 Å². The van der Waals surface area contributed by atoms with Crippen LogP contribution in [0.3, 0.4) is 0 Å². The molecule has 3 rings (SSSR count). The van der Waals surface area contributed by atoms with E-state index < -0.39 is 0 Å². The molecule has 1 atom stereocenters. The maximum atomic E-state index is 6.25. The maximum Gasteiger partial charge on any atom is 0.0460 e. The van der Waals surface area contributed by atoms with Gasteiger partial charge in [0.2, 0.25) is 0 Å². The molecule has 3 aromatic rings. The second-order valence-corrected chi connectivity index (χ2v) is 7.06. The number of hydrogen-bond acceptors (Lipinski definition) is 0. The van der Waals surface area contributed by atoms with Crippen molar-refractivity contribution in [2.75, 3.05) is 0 Å². The zero-order chi connectivity index (χ0) is 17.1. The van der Waals surface area contributed by atoms with Gasteiger partial charge in [-0.15, -0.1) is 0 Å². The summed E-state index contributed by atoms with van der Waals surface area (Å²) < 4.78 is 0. The Bertz CT molecular complexity index is 814. The Balaban J connectivity index is 2.05. The van der Waals surface area contributed by atoms with E-state index in [1.54, 1.807) is 0 Å². The predicted molar refractivity (Wildman–Crippen MR) is 105 cm³/mol. The average Bonchev–Trinajstić information content (AvgIpc) is 2.97. The summed E-state index contributed by atoms with van der Waals surface area (Å²) in [5.41, 5.74) is 6.71. The fourth-order valence-electron chi connectivity index (χ4n) is 3.44. The molecule has 0 aliphatic rings. The van der Waals surface area contributed by atoms with Crippen molar-refractivity contribution in [3.05, 3.63) is 69.9 Å². The number of benzene rings is 2. The van der Waals surface area contributed by atoms with Gasteiger partial charge in [0, 0.05) is 27.5 Å². The van der Waals surface area contributed by atoms with E-state index in [0.717, 1.165) is 17.9 Å². The van der Waals surface area contributed by atoms with Crippen molar-refractivity contribution >= 4 is 22.5 Å². The van der Waals surface area contributed by atoms with Crippen molar-refractivity contribution in [1.82, 2.24) is 4.98 Å². The second-order valence-electron chi connectivity index (χ2n) is 6.63. The van der Waals surface area contributed by atoms with Crippen molar-refractivity contribution < 1.29 is 0 Å². The zero-order valence-electron chi connectivity index (χ0n) is 14.8. The van der Waals surface area contributed by atoms with Gasteiger partial charge in [0.05, 0.1) is 0 Å². The molecule has 0 saturated heterocycles. The smallest absolute Gasteiger partial charge is 0.0460 e. The highest BCUT2D eigenvalue weighted by Gasteiger charge is 2.18. The topological polar surface area (TPSA) is 15.8 Å². The summed E-state index contributed by atoms with van der Waals surface area (Å²) >= 11 is 6.25. The van der Waals surface area contributed by atoms with E-state index in [1.165, 1.54) is 46.1 Å². The van der Waals surface area contributed by atoms with Crippen molar-refractivity contribution in [3.8, 4) is 0 Å². The lowest BCUT2D eigenvalue weighted by molar-refractivity contribution is 0.775. The van der Waals surface area contributed by atoms with Crippen LogP contribution in [0.25, 0.3) is 10.9 Å². The number of hydrogen-bond donors (Lipinski definition) is 1. The summed E-state index contributed by atoms with van der Waals surface area (Å²) in [5.74, 6) is 0.355. The quantitative estimate of drug-likeness (QED) is 0.504. The van der Waals surface area contributed by atoms with E-state index in [9.17, 15) is 0 Å². The highest BCUT2D eigenvalue weighted by atomic mass is 35.5. The van der Waals surface area contributed by atoms with Gasteiger partial charge in [0.1, 0.15) is 0 Å². The first-order valence-corrected chi connectivity index (χ1v) is 9.40. The standard InChI is InChI=1S/C22H26ClN/c1-4-6-7-19-20-14-18(23)12-13-21(20)24-22(19)15(3)17-10-8-16(5-2)9-11-17/h8-15,24H,4-7H2,1-3H3. The Morgan fingerprint density at radius 2 is 1.79 bits per heavy atom. The van der Waals surface area contributed by atoms with Gasteiger partial charge in [-0.1, -0.05) is 63.1 Å². The molecule has 126 valence electrons. The van der Waals surface area contributed by atoms with Gasteiger partial charge in [-0.25, -0.2) is 0 Å². The molecule has 2 heteroatoms. The molecule has 2 aromatic carbocycles. The minimum absolute atomic E-state index is 0.355. The third kappa shape index (κ3) is 3.37. The number of aromatic nitrogens is 1. The molecule has 0 saturated carbocycles. The Kier molecular flexibility index (Phi) is 5.30. The number of halogens is 1. The minimum Gasteiger partial charge on any atom is -0.358 e. The molecule has 1 nitrogen and oxygen atoms in total. The monoisotopic (exact) mass is 339 g/mol. The third-order valence-corrected chi connectivity index (χ3v) is 5.24. The van der Waals surface area contributed by atoms with E-state index in [2.05, 4.69) is 62.2 Å². The lowest BCUT2D eigenvalue weighted by Gasteiger charge is -2.14. The van der Waals surface area contributed by atoms with Crippen LogP contribution in [0, 0.1) is 0 Å². The number of unbranched alkanes of at least 4 members (excludes halogenated alkanes) is 1. The van der Waals surface area contributed by atoms with E-state index in [4.69, 9.17) is 11.6 Å². The summed E-state index contributed by atoms with van der Waals surface area (Å²) in [6.45, 7) is 6.74. The summed E-state index contributed by atoms with van der Waals surface area (Å²) in [5, 5.41) is 2.09. The van der Waals surface area contributed by atoms with Crippen LogP contribution >= 0.6 is 11.6 Å². The van der Waals surface area contributed by atoms with Crippen LogP contribution in [-0.4, -0.2) is 4.98 Å². The summed E-state index contributed by atoms with van der Waals surface area (Å²) in [6.07, 6.45) is 4.59. The fourth-order valence-corrected chi connectivity index (χ4v) is 3.61. The molecule has 1 unspecified atom stereocenters. The largest absolute Gasteiger partial charge is 0.358 e. The first-order valence-electron chi connectivity index (χ1n) is 9.02. The molecule has 0 radical (unpaired) electrons.